The average molecular weight is 262 g/mol. The molecule has 18 heavy (non-hydrogen) atoms. The van der Waals surface area contributed by atoms with Crippen LogP contribution in [-0.2, 0) is 0 Å². The molecular weight excluding hydrogens is 238 g/mol. The van der Waals surface area contributed by atoms with Gasteiger partial charge >= 0.3 is 0 Å². The molecule has 3 nitrogen and oxygen atoms in total. The Morgan fingerprint density at radius 3 is 2.28 bits per heavy atom. The molecule has 2 aliphatic rings. The highest BCUT2D eigenvalue weighted by Crippen LogP contribution is 2.39. The highest BCUT2D eigenvalue weighted by Gasteiger charge is 2.52. The van der Waals surface area contributed by atoms with Crippen LogP contribution in [0.4, 0.5) is 8.78 Å². The average Bonchev–Trinajstić information content (AvgIpc) is 2.55. The normalized spacial score (nSPS) is 32.0. The smallest absolute Gasteiger partial charge is 0.262 e. The van der Waals surface area contributed by atoms with Crippen LogP contribution in [0, 0.1) is 0 Å². The Kier molecular flexibility index (Phi) is 3.69. The van der Waals surface area contributed by atoms with Gasteiger partial charge in [0.2, 0.25) is 0 Å². The van der Waals surface area contributed by atoms with Crippen molar-refractivity contribution < 1.29 is 13.9 Å². The van der Waals surface area contributed by atoms with Gasteiger partial charge in [-0.3, -0.25) is 4.90 Å². The molecule has 0 bridgehead atoms. The van der Waals surface area contributed by atoms with Crippen molar-refractivity contribution in [2.45, 2.75) is 56.7 Å². The number of aliphatic hydroxyl groups is 1. The number of hydrogen-bond donors (Lipinski definition) is 1. The summed E-state index contributed by atoms with van der Waals surface area (Å²) in [6, 6.07) is -0.244. The predicted octanol–water partition coefficient (Wildman–Crippen LogP) is 1.56. The van der Waals surface area contributed by atoms with Gasteiger partial charge in [0.15, 0.2) is 0 Å². The standard InChI is InChI=1S/C13H24F2N2O/c1-12(2,18)11-8-13(14,15)9-17(11)10-4-6-16(3)7-5-10/h10-11,18H,4-9H2,1-3H3. The Labute approximate surface area is 108 Å². The maximum absolute atomic E-state index is 13.6. The van der Waals surface area contributed by atoms with Crippen molar-refractivity contribution in [3.63, 3.8) is 0 Å². The Balaban J connectivity index is 2.09. The summed E-state index contributed by atoms with van der Waals surface area (Å²) < 4.78 is 27.3. The van der Waals surface area contributed by atoms with E-state index in [1.807, 2.05) is 4.90 Å². The highest BCUT2D eigenvalue weighted by atomic mass is 19.3. The van der Waals surface area contributed by atoms with E-state index in [2.05, 4.69) is 11.9 Å². The molecule has 1 N–H and O–H groups in total. The Bertz CT molecular complexity index is 296. The molecule has 1 atom stereocenters. The van der Waals surface area contributed by atoms with E-state index >= 15 is 0 Å². The fourth-order valence-electron chi connectivity index (χ4n) is 3.21. The van der Waals surface area contributed by atoms with E-state index in [-0.39, 0.29) is 19.0 Å². The van der Waals surface area contributed by atoms with Crippen LogP contribution >= 0.6 is 0 Å². The molecule has 0 aromatic rings. The van der Waals surface area contributed by atoms with E-state index in [4.69, 9.17) is 0 Å². The molecule has 2 rings (SSSR count). The molecule has 0 amide bonds. The van der Waals surface area contributed by atoms with Crippen molar-refractivity contribution in [3.8, 4) is 0 Å². The molecule has 106 valence electrons. The molecule has 0 aliphatic carbocycles. The highest BCUT2D eigenvalue weighted by molar-refractivity contribution is 5.01. The molecule has 0 aromatic carbocycles. The molecule has 2 aliphatic heterocycles. The van der Waals surface area contributed by atoms with Gasteiger partial charge in [0.1, 0.15) is 0 Å². The van der Waals surface area contributed by atoms with Crippen LogP contribution in [0.15, 0.2) is 0 Å². The van der Waals surface area contributed by atoms with Crippen molar-refractivity contribution >= 4 is 0 Å². The lowest BCUT2D eigenvalue weighted by Gasteiger charge is -2.41. The largest absolute Gasteiger partial charge is 0.389 e. The second kappa shape index (κ2) is 4.69. The van der Waals surface area contributed by atoms with Crippen LogP contribution < -0.4 is 0 Å². The molecule has 5 heteroatoms. The van der Waals surface area contributed by atoms with E-state index in [0.717, 1.165) is 25.9 Å². The molecular formula is C13H24F2N2O. The van der Waals surface area contributed by atoms with Gasteiger partial charge in [-0.1, -0.05) is 0 Å². The maximum atomic E-state index is 13.6. The monoisotopic (exact) mass is 262 g/mol. The topological polar surface area (TPSA) is 26.7 Å². The van der Waals surface area contributed by atoms with E-state index in [1.54, 1.807) is 13.8 Å². The maximum Gasteiger partial charge on any atom is 0.262 e. The molecule has 0 aromatic heterocycles. The minimum atomic E-state index is -2.66. The molecule has 2 saturated heterocycles. The number of alkyl halides is 2. The SMILES string of the molecule is CN1CCC(N2CC(F)(F)CC2C(C)(C)O)CC1. The fourth-order valence-corrected chi connectivity index (χ4v) is 3.21. The van der Waals surface area contributed by atoms with E-state index < -0.39 is 17.6 Å². The molecule has 2 heterocycles. The van der Waals surface area contributed by atoms with Gasteiger partial charge in [0.05, 0.1) is 12.1 Å². The first kappa shape index (κ1) is 14.2. The zero-order valence-electron chi connectivity index (χ0n) is 11.5. The fraction of sp³-hybridized carbons (Fsp3) is 1.00. The van der Waals surface area contributed by atoms with Gasteiger partial charge in [-0.05, 0) is 46.8 Å². The molecule has 0 radical (unpaired) electrons. The number of hydrogen-bond acceptors (Lipinski definition) is 3. The van der Waals surface area contributed by atoms with Crippen LogP contribution in [0.1, 0.15) is 33.1 Å². The lowest BCUT2D eigenvalue weighted by Crippen LogP contribution is -2.52. The molecule has 0 spiro atoms. The summed E-state index contributed by atoms with van der Waals surface area (Å²) in [6.45, 7) is 4.98. The van der Waals surface area contributed by atoms with Crippen molar-refractivity contribution in [2.24, 2.45) is 0 Å². The summed E-state index contributed by atoms with van der Waals surface area (Å²) in [7, 11) is 2.06. The third kappa shape index (κ3) is 3.00. The van der Waals surface area contributed by atoms with E-state index in [9.17, 15) is 13.9 Å². The Morgan fingerprint density at radius 2 is 1.78 bits per heavy atom. The first-order chi connectivity index (χ1) is 8.19. The van der Waals surface area contributed by atoms with Gasteiger partial charge in [-0.2, -0.15) is 0 Å². The summed E-state index contributed by atoms with van der Waals surface area (Å²) >= 11 is 0. The Hall–Kier alpha value is -0.260. The molecule has 0 saturated carbocycles. The van der Waals surface area contributed by atoms with Gasteiger partial charge in [-0.25, -0.2) is 8.78 Å². The second-order valence-corrected chi connectivity index (χ2v) is 6.44. The summed E-state index contributed by atoms with van der Waals surface area (Å²) in [5.41, 5.74) is -1.07. The zero-order chi connectivity index (χ0) is 13.6. The number of piperidine rings is 1. The van der Waals surface area contributed by atoms with Crippen LogP contribution in [0.2, 0.25) is 0 Å². The van der Waals surface area contributed by atoms with Gasteiger partial charge in [0.25, 0.3) is 5.92 Å². The van der Waals surface area contributed by atoms with Gasteiger partial charge < -0.3 is 10.0 Å². The minimum Gasteiger partial charge on any atom is -0.389 e. The number of rotatable bonds is 2. The summed E-state index contributed by atoms with van der Waals surface area (Å²) in [5.74, 6) is -2.66. The third-order valence-corrected chi connectivity index (χ3v) is 4.28. The van der Waals surface area contributed by atoms with Crippen LogP contribution in [0.3, 0.4) is 0 Å². The van der Waals surface area contributed by atoms with Gasteiger partial charge in [-0.15, -0.1) is 0 Å². The van der Waals surface area contributed by atoms with Crippen LogP contribution in [0.5, 0.6) is 0 Å². The number of halogens is 2. The first-order valence-electron chi connectivity index (χ1n) is 6.73. The predicted molar refractivity (Wildman–Crippen MR) is 66.9 cm³/mol. The number of likely N-dealkylation sites (tertiary alicyclic amines) is 2. The van der Waals surface area contributed by atoms with Crippen molar-refractivity contribution in [2.75, 3.05) is 26.7 Å². The summed E-state index contributed by atoms with van der Waals surface area (Å²) in [5, 5.41) is 10.1. The minimum absolute atomic E-state index is 0.186. The summed E-state index contributed by atoms with van der Waals surface area (Å²) in [4.78, 5) is 4.08. The van der Waals surface area contributed by atoms with E-state index in [0.29, 0.717) is 0 Å². The molecule has 1 unspecified atom stereocenters. The summed E-state index contributed by atoms with van der Waals surface area (Å²) in [6.07, 6.45) is 1.61. The lowest BCUT2D eigenvalue weighted by molar-refractivity contribution is -0.0258. The van der Waals surface area contributed by atoms with Crippen LogP contribution in [-0.4, -0.2) is 65.2 Å². The van der Waals surface area contributed by atoms with Crippen molar-refractivity contribution in [1.82, 2.24) is 9.80 Å². The van der Waals surface area contributed by atoms with Crippen molar-refractivity contribution in [3.05, 3.63) is 0 Å². The third-order valence-electron chi connectivity index (χ3n) is 4.28. The first-order valence-corrected chi connectivity index (χ1v) is 6.73. The Morgan fingerprint density at radius 1 is 1.22 bits per heavy atom. The van der Waals surface area contributed by atoms with E-state index in [1.165, 1.54) is 0 Å². The zero-order valence-corrected chi connectivity index (χ0v) is 11.5. The van der Waals surface area contributed by atoms with Crippen molar-refractivity contribution in [1.29, 1.82) is 0 Å². The van der Waals surface area contributed by atoms with Gasteiger partial charge in [0, 0.05) is 18.5 Å². The number of nitrogens with zero attached hydrogens (tertiary/aromatic N) is 2. The second-order valence-electron chi connectivity index (χ2n) is 6.44. The molecule has 2 fully saturated rings. The van der Waals surface area contributed by atoms with Crippen LogP contribution in [0.25, 0.3) is 0 Å². The lowest BCUT2D eigenvalue weighted by atomic mass is 9.93. The quantitative estimate of drug-likeness (QED) is 0.818.